The summed E-state index contributed by atoms with van der Waals surface area (Å²) in [6, 6.07) is 3.87. The number of Topliss-reactive ketones (excluding diaryl/α,β-unsaturated/α-hetero) is 1. The van der Waals surface area contributed by atoms with Crippen molar-refractivity contribution in [1.82, 2.24) is 14.8 Å². The van der Waals surface area contributed by atoms with E-state index in [0.717, 1.165) is 6.54 Å². The summed E-state index contributed by atoms with van der Waals surface area (Å²) >= 11 is 0. The monoisotopic (exact) mass is 291 g/mol. The fourth-order valence-electron chi connectivity index (χ4n) is 1.95. The maximum absolute atomic E-state index is 13.3. The fraction of sp³-hybridized carbons (Fsp3) is 0.400. The Bertz CT molecular complexity index is 638. The van der Waals surface area contributed by atoms with E-state index in [0.29, 0.717) is 17.3 Å². The number of carbonyl (C=O) groups is 1. The number of ether oxygens (including phenoxy) is 1. The van der Waals surface area contributed by atoms with Gasteiger partial charge in [0.25, 0.3) is 0 Å². The summed E-state index contributed by atoms with van der Waals surface area (Å²) in [5, 5.41) is 4.13. The number of aromatic nitrogens is 3. The minimum Gasteiger partial charge on any atom is -0.485 e. The lowest BCUT2D eigenvalue weighted by Crippen LogP contribution is -2.13. The highest BCUT2D eigenvalue weighted by atomic mass is 19.1. The Labute approximate surface area is 122 Å². The van der Waals surface area contributed by atoms with Gasteiger partial charge in [-0.1, -0.05) is 13.8 Å². The van der Waals surface area contributed by atoms with E-state index in [1.807, 2.05) is 0 Å². The normalized spacial score (nSPS) is 10.9. The number of benzene rings is 1. The topological polar surface area (TPSA) is 57.0 Å². The molecule has 0 aliphatic carbocycles. The van der Waals surface area contributed by atoms with Crippen LogP contribution in [-0.4, -0.2) is 20.5 Å². The molecular weight excluding hydrogens is 273 g/mol. The first-order valence-electron chi connectivity index (χ1n) is 6.77. The Morgan fingerprint density at radius 1 is 1.43 bits per heavy atom. The number of nitrogens with zero attached hydrogens (tertiary/aromatic N) is 3. The van der Waals surface area contributed by atoms with Gasteiger partial charge in [-0.2, -0.15) is 5.10 Å². The van der Waals surface area contributed by atoms with Gasteiger partial charge in [-0.25, -0.2) is 14.1 Å². The van der Waals surface area contributed by atoms with Crippen molar-refractivity contribution >= 4 is 5.78 Å². The van der Waals surface area contributed by atoms with Gasteiger partial charge in [0, 0.05) is 12.6 Å². The predicted molar refractivity (Wildman–Crippen MR) is 75.6 cm³/mol. The largest absolute Gasteiger partial charge is 0.485 e. The maximum Gasteiger partial charge on any atom is 0.164 e. The summed E-state index contributed by atoms with van der Waals surface area (Å²) in [5.41, 5.74) is 0.353. The Hall–Kier alpha value is -2.24. The summed E-state index contributed by atoms with van der Waals surface area (Å²) < 4.78 is 20.6. The molecule has 1 aromatic heterocycles. The first-order chi connectivity index (χ1) is 9.97. The second-order valence-electron chi connectivity index (χ2n) is 5.24. The van der Waals surface area contributed by atoms with Gasteiger partial charge in [-0.05, 0) is 25.0 Å². The number of ketones is 1. The third kappa shape index (κ3) is 3.87. The van der Waals surface area contributed by atoms with E-state index < -0.39 is 5.82 Å². The van der Waals surface area contributed by atoms with Crippen molar-refractivity contribution in [1.29, 1.82) is 0 Å². The Kier molecular flexibility index (Phi) is 4.67. The molecule has 0 fully saturated rings. The van der Waals surface area contributed by atoms with E-state index in [-0.39, 0.29) is 18.1 Å². The zero-order valence-corrected chi connectivity index (χ0v) is 12.3. The van der Waals surface area contributed by atoms with Gasteiger partial charge < -0.3 is 4.74 Å². The third-order valence-corrected chi connectivity index (χ3v) is 2.91. The van der Waals surface area contributed by atoms with Gasteiger partial charge in [-0.3, -0.25) is 4.79 Å². The summed E-state index contributed by atoms with van der Waals surface area (Å²) in [6.07, 6.45) is 1.46. The van der Waals surface area contributed by atoms with Crippen LogP contribution in [0.2, 0.25) is 0 Å². The second kappa shape index (κ2) is 6.47. The van der Waals surface area contributed by atoms with Crippen LogP contribution >= 0.6 is 0 Å². The van der Waals surface area contributed by atoms with Crippen LogP contribution in [0.1, 0.15) is 37.0 Å². The van der Waals surface area contributed by atoms with Crippen LogP contribution in [0.4, 0.5) is 4.39 Å². The Morgan fingerprint density at radius 2 is 2.19 bits per heavy atom. The van der Waals surface area contributed by atoms with Crippen LogP contribution in [0, 0.1) is 11.7 Å². The van der Waals surface area contributed by atoms with E-state index in [9.17, 15) is 9.18 Å². The van der Waals surface area contributed by atoms with Crippen LogP contribution in [-0.2, 0) is 13.2 Å². The molecular formula is C15H18FN3O2. The lowest BCUT2D eigenvalue weighted by atomic mass is 10.1. The average molecular weight is 291 g/mol. The van der Waals surface area contributed by atoms with Gasteiger partial charge >= 0.3 is 0 Å². The van der Waals surface area contributed by atoms with E-state index in [1.165, 1.54) is 31.5 Å². The molecule has 0 N–H and O–H groups in total. The highest BCUT2D eigenvalue weighted by Gasteiger charge is 2.12. The van der Waals surface area contributed by atoms with Gasteiger partial charge in [-0.15, -0.1) is 0 Å². The predicted octanol–water partition coefficient (Wildman–Crippen LogP) is 2.85. The lowest BCUT2D eigenvalue weighted by molar-refractivity contribution is 0.101. The maximum atomic E-state index is 13.3. The summed E-state index contributed by atoms with van der Waals surface area (Å²) in [5.74, 6) is 0.670. The zero-order chi connectivity index (χ0) is 15.4. The van der Waals surface area contributed by atoms with Crippen molar-refractivity contribution < 1.29 is 13.9 Å². The molecule has 0 aliphatic rings. The molecule has 0 saturated heterocycles. The molecule has 2 rings (SSSR count). The minimum absolute atomic E-state index is 0.135. The summed E-state index contributed by atoms with van der Waals surface area (Å²) in [6.45, 7) is 6.43. The summed E-state index contributed by atoms with van der Waals surface area (Å²) in [7, 11) is 0. The molecule has 0 aliphatic heterocycles. The highest BCUT2D eigenvalue weighted by molar-refractivity contribution is 5.96. The number of hydrogen-bond acceptors (Lipinski definition) is 4. The van der Waals surface area contributed by atoms with Crippen molar-refractivity contribution in [2.45, 2.75) is 33.9 Å². The van der Waals surface area contributed by atoms with E-state index in [2.05, 4.69) is 23.9 Å². The number of carbonyl (C=O) groups excluding carboxylic acids is 1. The molecule has 0 unspecified atom stereocenters. The first kappa shape index (κ1) is 15.2. The van der Waals surface area contributed by atoms with Crippen molar-refractivity contribution in [3.05, 3.63) is 41.7 Å². The van der Waals surface area contributed by atoms with Crippen LogP contribution in [0.3, 0.4) is 0 Å². The van der Waals surface area contributed by atoms with E-state index >= 15 is 0 Å². The van der Waals surface area contributed by atoms with Crippen molar-refractivity contribution in [2.24, 2.45) is 5.92 Å². The van der Waals surface area contributed by atoms with Crippen molar-refractivity contribution in [2.75, 3.05) is 0 Å². The third-order valence-electron chi connectivity index (χ3n) is 2.91. The molecule has 21 heavy (non-hydrogen) atoms. The molecule has 0 atom stereocenters. The minimum atomic E-state index is -0.446. The van der Waals surface area contributed by atoms with Crippen LogP contribution in [0.15, 0.2) is 24.5 Å². The van der Waals surface area contributed by atoms with Crippen molar-refractivity contribution in [3.63, 3.8) is 0 Å². The van der Waals surface area contributed by atoms with Gasteiger partial charge in [0.2, 0.25) is 0 Å². The second-order valence-corrected chi connectivity index (χ2v) is 5.24. The molecule has 1 heterocycles. The number of halogens is 1. The zero-order valence-electron chi connectivity index (χ0n) is 12.3. The first-order valence-corrected chi connectivity index (χ1v) is 6.77. The van der Waals surface area contributed by atoms with Gasteiger partial charge in [0.05, 0.1) is 5.56 Å². The number of rotatable bonds is 6. The highest BCUT2D eigenvalue weighted by Crippen LogP contribution is 2.21. The molecule has 1 aromatic carbocycles. The van der Waals surface area contributed by atoms with Gasteiger partial charge in [0.1, 0.15) is 24.5 Å². The smallest absolute Gasteiger partial charge is 0.164 e. The SMILES string of the molecule is CC(=O)c1ccc(F)cc1OCc1ncnn1CC(C)C. The molecule has 0 saturated carbocycles. The van der Waals surface area contributed by atoms with Gasteiger partial charge in [0.15, 0.2) is 11.6 Å². The van der Waals surface area contributed by atoms with Crippen molar-refractivity contribution in [3.8, 4) is 5.75 Å². The molecule has 5 nitrogen and oxygen atoms in total. The van der Waals surface area contributed by atoms with E-state index in [4.69, 9.17) is 4.74 Å². The van der Waals surface area contributed by atoms with E-state index in [1.54, 1.807) is 4.68 Å². The fourth-order valence-corrected chi connectivity index (χ4v) is 1.95. The lowest BCUT2D eigenvalue weighted by Gasteiger charge is -2.11. The quantitative estimate of drug-likeness (QED) is 0.768. The standard InChI is InChI=1S/C15H18FN3O2/c1-10(2)7-19-15(17-9-18-19)8-21-14-6-12(16)4-5-13(14)11(3)20/h4-6,9-10H,7-8H2,1-3H3. The molecule has 2 aromatic rings. The molecule has 0 amide bonds. The molecule has 0 bridgehead atoms. The van der Waals surface area contributed by atoms with Crippen LogP contribution in [0.25, 0.3) is 0 Å². The van der Waals surface area contributed by atoms with Crippen LogP contribution < -0.4 is 4.74 Å². The average Bonchev–Trinajstić information content (AvgIpc) is 2.82. The Balaban J connectivity index is 2.15. The number of hydrogen-bond donors (Lipinski definition) is 0. The van der Waals surface area contributed by atoms with Crippen LogP contribution in [0.5, 0.6) is 5.75 Å². The summed E-state index contributed by atoms with van der Waals surface area (Å²) in [4.78, 5) is 15.6. The molecule has 112 valence electrons. The molecule has 6 heteroatoms. The molecule has 0 radical (unpaired) electrons. The Morgan fingerprint density at radius 3 is 2.86 bits per heavy atom. The molecule has 0 spiro atoms.